The van der Waals surface area contributed by atoms with Gasteiger partial charge in [-0.1, -0.05) is 12.1 Å². The Morgan fingerprint density at radius 2 is 1.71 bits per heavy atom. The fourth-order valence-corrected chi connectivity index (χ4v) is 2.34. The second-order valence-corrected chi connectivity index (χ2v) is 5.48. The zero-order valence-corrected chi connectivity index (χ0v) is 13.0. The van der Waals surface area contributed by atoms with Gasteiger partial charge in [-0.25, -0.2) is 0 Å². The molecule has 5 heteroatoms. The maximum Gasteiger partial charge on any atom is 0.255 e. The number of hydrogen-bond acceptors (Lipinski definition) is 3. The molecule has 5 nitrogen and oxygen atoms in total. The summed E-state index contributed by atoms with van der Waals surface area (Å²) in [4.78, 5) is 23.5. The van der Waals surface area contributed by atoms with E-state index in [9.17, 15) is 9.59 Å². The molecule has 0 aliphatic carbocycles. The lowest BCUT2D eigenvalue weighted by Crippen LogP contribution is -2.12. The van der Waals surface area contributed by atoms with E-state index in [1.807, 2.05) is 22.8 Å². The quantitative estimate of drug-likeness (QED) is 0.726. The van der Waals surface area contributed by atoms with Crippen molar-refractivity contribution in [3.05, 3.63) is 94.4 Å². The summed E-state index contributed by atoms with van der Waals surface area (Å²) >= 11 is 0. The van der Waals surface area contributed by atoms with Gasteiger partial charge in [-0.15, -0.1) is 0 Å². The van der Waals surface area contributed by atoms with Crippen LogP contribution >= 0.6 is 0 Å². The van der Waals surface area contributed by atoms with E-state index in [1.54, 1.807) is 42.7 Å². The molecule has 0 aliphatic rings. The SMILES string of the molecule is Nc1ccc(NC(=O)c2cccc(Cn3ccc(=O)cc3)c2)cc1. The van der Waals surface area contributed by atoms with Gasteiger partial charge in [0.25, 0.3) is 5.91 Å². The van der Waals surface area contributed by atoms with Crippen LogP contribution in [0.2, 0.25) is 0 Å². The molecule has 0 unspecified atom stereocenters. The van der Waals surface area contributed by atoms with Crippen molar-refractivity contribution in [2.45, 2.75) is 6.54 Å². The molecule has 1 aromatic heterocycles. The zero-order valence-electron chi connectivity index (χ0n) is 13.0. The van der Waals surface area contributed by atoms with Crippen molar-refractivity contribution in [2.75, 3.05) is 11.1 Å². The van der Waals surface area contributed by atoms with E-state index in [0.717, 1.165) is 5.56 Å². The fraction of sp³-hybridized carbons (Fsp3) is 0.0526. The summed E-state index contributed by atoms with van der Waals surface area (Å²) in [7, 11) is 0. The summed E-state index contributed by atoms with van der Waals surface area (Å²) in [5, 5.41) is 2.84. The van der Waals surface area contributed by atoms with Crippen LogP contribution in [-0.2, 0) is 6.54 Å². The molecule has 0 fully saturated rings. The molecule has 1 amide bonds. The Kier molecular flexibility index (Phi) is 4.43. The minimum Gasteiger partial charge on any atom is -0.399 e. The van der Waals surface area contributed by atoms with Gasteiger partial charge in [0.15, 0.2) is 5.43 Å². The lowest BCUT2D eigenvalue weighted by Gasteiger charge is -2.09. The van der Waals surface area contributed by atoms with Crippen molar-refractivity contribution in [3.8, 4) is 0 Å². The van der Waals surface area contributed by atoms with Gasteiger partial charge in [0, 0.05) is 48.0 Å². The first-order valence-corrected chi connectivity index (χ1v) is 7.52. The summed E-state index contributed by atoms with van der Waals surface area (Å²) in [6.45, 7) is 0.587. The minimum absolute atomic E-state index is 0.0251. The van der Waals surface area contributed by atoms with Gasteiger partial charge in [-0.3, -0.25) is 9.59 Å². The van der Waals surface area contributed by atoms with Crippen LogP contribution in [0.3, 0.4) is 0 Å². The van der Waals surface area contributed by atoms with Crippen molar-refractivity contribution in [2.24, 2.45) is 0 Å². The number of amides is 1. The number of carbonyl (C=O) groups excluding carboxylic acids is 1. The Labute approximate surface area is 139 Å². The lowest BCUT2D eigenvalue weighted by atomic mass is 10.1. The summed E-state index contributed by atoms with van der Waals surface area (Å²) in [5.74, 6) is -0.179. The van der Waals surface area contributed by atoms with Crippen molar-refractivity contribution < 1.29 is 4.79 Å². The van der Waals surface area contributed by atoms with Gasteiger partial charge in [-0.2, -0.15) is 0 Å². The first-order chi connectivity index (χ1) is 11.6. The van der Waals surface area contributed by atoms with Crippen molar-refractivity contribution in [1.82, 2.24) is 4.57 Å². The van der Waals surface area contributed by atoms with Crippen LogP contribution in [0.4, 0.5) is 11.4 Å². The molecule has 24 heavy (non-hydrogen) atoms. The molecule has 0 radical (unpaired) electrons. The van der Waals surface area contributed by atoms with Crippen LogP contribution in [0.25, 0.3) is 0 Å². The Morgan fingerprint density at radius 3 is 2.42 bits per heavy atom. The molecule has 0 aliphatic heterocycles. The number of aromatic nitrogens is 1. The normalized spacial score (nSPS) is 10.3. The smallest absolute Gasteiger partial charge is 0.255 e. The van der Waals surface area contributed by atoms with Gasteiger partial charge < -0.3 is 15.6 Å². The third-order valence-electron chi connectivity index (χ3n) is 3.58. The monoisotopic (exact) mass is 319 g/mol. The second kappa shape index (κ2) is 6.83. The van der Waals surface area contributed by atoms with Crippen molar-refractivity contribution >= 4 is 17.3 Å². The van der Waals surface area contributed by atoms with Gasteiger partial charge in [0.2, 0.25) is 0 Å². The molecule has 0 spiro atoms. The topological polar surface area (TPSA) is 77.1 Å². The van der Waals surface area contributed by atoms with Crippen LogP contribution in [0.15, 0.2) is 77.9 Å². The molecule has 0 bridgehead atoms. The van der Waals surface area contributed by atoms with Crippen LogP contribution in [-0.4, -0.2) is 10.5 Å². The Hall–Kier alpha value is -3.34. The largest absolute Gasteiger partial charge is 0.399 e. The molecule has 0 saturated heterocycles. The molecule has 3 aromatic rings. The maximum absolute atomic E-state index is 12.4. The first-order valence-electron chi connectivity index (χ1n) is 7.52. The van der Waals surface area contributed by atoms with Crippen LogP contribution < -0.4 is 16.5 Å². The lowest BCUT2D eigenvalue weighted by molar-refractivity contribution is 0.102. The van der Waals surface area contributed by atoms with Gasteiger partial charge in [0.05, 0.1) is 0 Å². The third kappa shape index (κ3) is 3.89. The number of anilines is 2. The van der Waals surface area contributed by atoms with Crippen LogP contribution in [0.1, 0.15) is 15.9 Å². The van der Waals surface area contributed by atoms with Crippen molar-refractivity contribution in [1.29, 1.82) is 0 Å². The summed E-state index contributed by atoms with van der Waals surface area (Å²) < 4.78 is 1.89. The summed E-state index contributed by atoms with van der Waals surface area (Å²) in [6, 6.07) is 17.4. The Balaban J connectivity index is 1.74. The summed E-state index contributed by atoms with van der Waals surface area (Å²) in [5.41, 5.74) is 8.51. The van der Waals surface area contributed by atoms with Crippen LogP contribution in [0, 0.1) is 0 Å². The highest BCUT2D eigenvalue weighted by Gasteiger charge is 2.07. The number of nitrogens with zero attached hydrogens (tertiary/aromatic N) is 1. The maximum atomic E-state index is 12.4. The number of nitrogens with two attached hydrogens (primary N) is 1. The molecule has 3 rings (SSSR count). The first kappa shape index (κ1) is 15.6. The number of pyridine rings is 1. The standard InChI is InChI=1S/C19H17N3O2/c20-16-4-6-17(7-5-16)21-19(24)15-3-1-2-14(12-15)13-22-10-8-18(23)9-11-22/h1-12H,13,20H2,(H,21,24). The highest BCUT2D eigenvalue weighted by atomic mass is 16.1. The van der Waals surface area contributed by atoms with E-state index in [2.05, 4.69) is 5.32 Å². The minimum atomic E-state index is -0.179. The number of carbonyl (C=O) groups is 1. The highest BCUT2D eigenvalue weighted by molar-refractivity contribution is 6.04. The van der Waals surface area contributed by atoms with E-state index in [4.69, 9.17) is 5.73 Å². The van der Waals surface area contributed by atoms with E-state index < -0.39 is 0 Å². The molecule has 120 valence electrons. The molecule has 2 aromatic carbocycles. The van der Waals surface area contributed by atoms with E-state index in [0.29, 0.717) is 23.5 Å². The zero-order chi connectivity index (χ0) is 16.9. The predicted molar refractivity (Wildman–Crippen MR) is 95.1 cm³/mol. The number of hydrogen-bond donors (Lipinski definition) is 2. The highest BCUT2D eigenvalue weighted by Crippen LogP contribution is 2.13. The molecule has 1 heterocycles. The number of rotatable bonds is 4. The van der Waals surface area contributed by atoms with E-state index in [1.165, 1.54) is 12.1 Å². The number of nitrogens with one attached hydrogen (secondary N) is 1. The third-order valence-corrected chi connectivity index (χ3v) is 3.58. The van der Waals surface area contributed by atoms with Crippen molar-refractivity contribution in [3.63, 3.8) is 0 Å². The second-order valence-electron chi connectivity index (χ2n) is 5.48. The number of benzene rings is 2. The molecular weight excluding hydrogens is 302 g/mol. The molecule has 0 atom stereocenters. The Morgan fingerprint density at radius 1 is 1.00 bits per heavy atom. The number of nitrogen functional groups attached to an aromatic ring is 1. The molecular formula is C19H17N3O2. The van der Waals surface area contributed by atoms with E-state index in [-0.39, 0.29) is 11.3 Å². The van der Waals surface area contributed by atoms with Gasteiger partial charge >= 0.3 is 0 Å². The average Bonchev–Trinajstić information content (AvgIpc) is 2.59. The molecule has 3 N–H and O–H groups in total. The van der Waals surface area contributed by atoms with Gasteiger partial charge in [0.1, 0.15) is 0 Å². The van der Waals surface area contributed by atoms with Gasteiger partial charge in [-0.05, 0) is 42.0 Å². The molecule has 0 saturated carbocycles. The fourth-order valence-electron chi connectivity index (χ4n) is 2.34. The van der Waals surface area contributed by atoms with Crippen LogP contribution in [0.5, 0.6) is 0 Å². The van der Waals surface area contributed by atoms with E-state index >= 15 is 0 Å². The average molecular weight is 319 g/mol. The Bertz CT molecular complexity index is 894. The predicted octanol–water partition coefficient (Wildman–Crippen LogP) is 2.73. The summed E-state index contributed by atoms with van der Waals surface area (Å²) in [6.07, 6.45) is 3.45.